The molecule has 1 aliphatic carbocycles. The summed E-state index contributed by atoms with van der Waals surface area (Å²) in [6.07, 6.45) is 3.62. The lowest BCUT2D eigenvalue weighted by atomic mass is 9.85. The van der Waals surface area contributed by atoms with Gasteiger partial charge < -0.3 is 4.74 Å². The summed E-state index contributed by atoms with van der Waals surface area (Å²) in [6.45, 7) is 2.46. The molecular formula is C12H17N5O3. The number of hydrogen-bond acceptors (Lipinski definition) is 6. The molecule has 108 valence electrons. The first-order valence-electron chi connectivity index (χ1n) is 6.93. The Labute approximate surface area is 115 Å². The predicted molar refractivity (Wildman–Crippen MR) is 67.5 cm³/mol. The number of esters is 1. The fourth-order valence-electron chi connectivity index (χ4n) is 3.07. The highest BCUT2D eigenvalue weighted by Crippen LogP contribution is 2.45. The number of carbonyl (C=O) groups excluding carboxylic acids is 2. The first-order chi connectivity index (χ1) is 9.63. The van der Waals surface area contributed by atoms with Gasteiger partial charge in [-0.3, -0.25) is 14.9 Å². The molecule has 1 atom stereocenters. The number of hydrogen-bond donors (Lipinski definition) is 1. The second-order valence-electron chi connectivity index (χ2n) is 5.29. The summed E-state index contributed by atoms with van der Waals surface area (Å²) in [6, 6.07) is 0. The number of ether oxygens (including phenoxy) is 1. The Morgan fingerprint density at radius 3 is 2.90 bits per heavy atom. The van der Waals surface area contributed by atoms with Gasteiger partial charge in [0.05, 0.1) is 18.9 Å². The van der Waals surface area contributed by atoms with Crippen molar-refractivity contribution in [3.63, 3.8) is 0 Å². The lowest BCUT2D eigenvalue weighted by Crippen LogP contribution is -2.39. The average molecular weight is 279 g/mol. The van der Waals surface area contributed by atoms with Crippen molar-refractivity contribution in [2.24, 2.45) is 5.92 Å². The molecule has 1 unspecified atom stereocenters. The highest BCUT2D eigenvalue weighted by atomic mass is 16.6. The predicted octanol–water partition coefficient (Wildman–Crippen LogP) is 0.507. The van der Waals surface area contributed by atoms with E-state index in [-0.39, 0.29) is 24.2 Å². The van der Waals surface area contributed by atoms with E-state index in [1.165, 1.54) is 4.80 Å². The smallest absolute Gasteiger partial charge is 0.307 e. The van der Waals surface area contributed by atoms with E-state index >= 15 is 0 Å². The molecular weight excluding hydrogens is 262 g/mol. The quantitative estimate of drug-likeness (QED) is 0.809. The Bertz CT molecular complexity index is 535. The van der Waals surface area contributed by atoms with E-state index in [4.69, 9.17) is 4.74 Å². The summed E-state index contributed by atoms with van der Waals surface area (Å²) in [5.41, 5.74) is -0.609. The van der Waals surface area contributed by atoms with Crippen LogP contribution in [0.1, 0.15) is 39.0 Å². The summed E-state index contributed by atoms with van der Waals surface area (Å²) >= 11 is 0. The van der Waals surface area contributed by atoms with Crippen LogP contribution in [0.15, 0.2) is 0 Å². The maximum absolute atomic E-state index is 12.4. The number of carbonyl (C=O) groups is 2. The summed E-state index contributed by atoms with van der Waals surface area (Å²) in [7, 11) is 0. The standard InChI is InChI=1S/C12H17N5O3/c1-2-17-15-11(14-16-17)13-10(19)8-7-9(18)20-12(8)5-3-4-6-12/h8H,2-7H2,1H3,(H,13,15,19). The Morgan fingerprint density at radius 2 is 2.25 bits per heavy atom. The molecule has 0 bridgehead atoms. The molecule has 0 aromatic carbocycles. The van der Waals surface area contributed by atoms with Gasteiger partial charge in [-0.2, -0.15) is 4.80 Å². The number of nitrogens with zero attached hydrogens (tertiary/aromatic N) is 4. The van der Waals surface area contributed by atoms with Crippen molar-refractivity contribution in [2.75, 3.05) is 5.32 Å². The van der Waals surface area contributed by atoms with Crippen molar-refractivity contribution in [3.05, 3.63) is 0 Å². The molecule has 1 spiro atoms. The van der Waals surface area contributed by atoms with E-state index in [2.05, 4.69) is 20.7 Å². The molecule has 8 heteroatoms. The van der Waals surface area contributed by atoms with Crippen LogP contribution in [0.25, 0.3) is 0 Å². The molecule has 2 heterocycles. The molecule has 1 aromatic heterocycles. The van der Waals surface area contributed by atoms with E-state index in [1.807, 2.05) is 6.92 Å². The average Bonchev–Trinajstić information content (AvgIpc) is 3.11. The summed E-state index contributed by atoms with van der Waals surface area (Å²) < 4.78 is 5.45. The molecule has 8 nitrogen and oxygen atoms in total. The highest BCUT2D eigenvalue weighted by molar-refractivity contribution is 5.95. The van der Waals surface area contributed by atoms with Crippen molar-refractivity contribution in [3.8, 4) is 0 Å². The largest absolute Gasteiger partial charge is 0.458 e. The van der Waals surface area contributed by atoms with Gasteiger partial charge in [0.25, 0.3) is 5.95 Å². The van der Waals surface area contributed by atoms with Gasteiger partial charge in [-0.1, -0.05) is 5.10 Å². The maximum Gasteiger partial charge on any atom is 0.307 e. The SMILES string of the molecule is CCn1nnc(NC(=O)C2CC(=O)OC23CCCC3)n1. The monoisotopic (exact) mass is 279 g/mol. The minimum absolute atomic E-state index is 0.133. The third kappa shape index (κ3) is 2.14. The lowest BCUT2D eigenvalue weighted by molar-refractivity contribution is -0.149. The lowest BCUT2D eigenvalue weighted by Gasteiger charge is -2.27. The molecule has 0 radical (unpaired) electrons. The van der Waals surface area contributed by atoms with Crippen LogP contribution in [0.2, 0.25) is 0 Å². The minimum atomic E-state index is -0.609. The molecule has 1 N–H and O–H groups in total. The normalized spacial score (nSPS) is 24.1. The zero-order valence-electron chi connectivity index (χ0n) is 11.3. The number of anilines is 1. The number of rotatable bonds is 3. The van der Waals surface area contributed by atoms with E-state index in [0.29, 0.717) is 6.54 Å². The van der Waals surface area contributed by atoms with Crippen molar-refractivity contribution in [1.29, 1.82) is 0 Å². The van der Waals surface area contributed by atoms with Crippen LogP contribution in [0, 0.1) is 5.92 Å². The molecule has 1 saturated carbocycles. The van der Waals surface area contributed by atoms with Crippen LogP contribution in [0.5, 0.6) is 0 Å². The van der Waals surface area contributed by atoms with Gasteiger partial charge in [-0.25, -0.2) is 0 Å². The second-order valence-corrected chi connectivity index (χ2v) is 5.29. The molecule has 2 aliphatic rings. The van der Waals surface area contributed by atoms with Crippen molar-refractivity contribution in [1.82, 2.24) is 20.2 Å². The maximum atomic E-state index is 12.4. The summed E-state index contributed by atoms with van der Waals surface area (Å²) in [5, 5.41) is 14.2. The summed E-state index contributed by atoms with van der Waals surface area (Å²) in [4.78, 5) is 25.3. The first-order valence-corrected chi connectivity index (χ1v) is 6.93. The minimum Gasteiger partial charge on any atom is -0.458 e. The Balaban J connectivity index is 1.74. The zero-order chi connectivity index (χ0) is 14.2. The van der Waals surface area contributed by atoms with Gasteiger partial charge in [-0.05, 0) is 37.8 Å². The number of tetrazole rings is 1. The van der Waals surface area contributed by atoms with Crippen LogP contribution >= 0.6 is 0 Å². The Morgan fingerprint density at radius 1 is 1.50 bits per heavy atom. The molecule has 2 fully saturated rings. The number of nitrogens with one attached hydrogen (secondary N) is 1. The van der Waals surface area contributed by atoms with Crippen LogP contribution in [-0.2, 0) is 20.9 Å². The van der Waals surface area contributed by atoms with Crippen LogP contribution in [0.4, 0.5) is 5.95 Å². The zero-order valence-corrected chi connectivity index (χ0v) is 11.3. The Hall–Kier alpha value is -1.99. The number of aryl methyl sites for hydroxylation is 1. The van der Waals surface area contributed by atoms with Crippen molar-refractivity contribution < 1.29 is 14.3 Å². The van der Waals surface area contributed by atoms with Gasteiger partial charge in [0.1, 0.15) is 5.60 Å². The van der Waals surface area contributed by atoms with E-state index in [9.17, 15) is 9.59 Å². The molecule has 1 saturated heterocycles. The topological polar surface area (TPSA) is 99.0 Å². The fraction of sp³-hybridized carbons (Fsp3) is 0.750. The van der Waals surface area contributed by atoms with Crippen molar-refractivity contribution in [2.45, 2.75) is 51.2 Å². The second kappa shape index (κ2) is 4.84. The van der Waals surface area contributed by atoms with E-state index in [0.717, 1.165) is 25.7 Å². The van der Waals surface area contributed by atoms with Gasteiger partial charge >= 0.3 is 5.97 Å². The van der Waals surface area contributed by atoms with Gasteiger partial charge in [-0.15, -0.1) is 5.10 Å². The van der Waals surface area contributed by atoms with Gasteiger partial charge in [0.15, 0.2) is 0 Å². The van der Waals surface area contributed by atoms with Crippen LogP contribution in [0.3, 0.4) is 0 Å². The first kappa shape index (κ1) is 13.0. The molecule has 3 rings (SSSR count). The molecule has 1 aliphatic heterocycles. The van der Waals surface area contributed by atoms with Gasteiger partial charge in [0, 0.05) is 0 Å². The van der Waals surface area contributed by atoms with Crippen molar-refractivity contribution >= 4 is 17.8 Å². The number of aromatic nitrogens is 4. The summed E-state index contributed by atoms with van der Waals surface area (Å²) in [5.74, 6) is -0.832. The molecule has 1 amide bonds. The van der Waals surface area contributed by atoms with Gasteiger partial charge in [0.2, 0.25) is 5.91 Å². The Kier molecular flexibility index (Phi) is 3.15. The van der Waals surface area contributed by atoms with Crippen LogP contribution < -0.4 is 5.32 Å². The third-order valence-electron chi connectivity index (χ3n) is 4.06. The van der Waals surface area contributed by atoms with Crippen LogP contribution in [-0.4, -0.2) is 37.7 Å². The fourth-order valence-corrected chi connectivity index (χ4v) is 3.07. The number of amides is 1. The highest BCUT2D eigenvalue weighted by Gasteiger charge is 2.54. The molecule has 20 heavy (non-hydrogen) atoms. The van der Waals surface area contributed by atoms with E-state index < -0.39 is 11.5 Å². The van der Waals surface area contributed by atoms with E-state index in [1.54, 1.807) is 0 Å². The molecule has 1 aromatic rings. The third-order valence-corrected chi connectivity index (χ3v) is 4.06.